The van der Waals surface area contributed by atoms with Gasteiger partial charge in [-0.1, -0.05) is 18.2 Å². The van der Waals surface area contributed by atoms with Gasteiger partial charge in [0.1, 0.15) is 0 Å². The van der Waals surface area contributed by atoms with Crippen LogP contribution in [0.4, 0.5) is 8.78 Å². The monoisotopic (exact) mass is 361 g/mol. The Morgan fingerprint density at radius 2 is 2.00 bits per heavy atom. The first-order valence-electron chi connectivity index (χ1n) is 7.67. The van der Waals surface area contributed by atoms with Gasteiger partial charge in [-0.3, -0.25) is 4.79 Å². The number of nitrogens with one attached hydrogen (secondary N) is 1. The molecular formula is C15H21F2N3O3S. The molecule has 24 heavy (non-hydrogen) atoms. The summed E-state index contributed by atoms with van der Waals surface area (Å²) in [6.45, 7) is -1.41. The van der Waals surface area contributed by atoms with Crippen LogP contribution in [0.3, 0.4) is 0 Å². The molecule has 0 saturated carbocycles. The number of hydrogen-bond donors (Lipinski definition) is 2. The molecule has 0 aliphatic carbocycles. The van der Waals surface area contributed by atoms with E-state index in [1.807, 2.05) is 0 Å². The molecule has 1 heterocycles. The fourth-order valence-corrected chi connectivity index (χ4v) is 4.09. The summed E-state index contributed by atoms with van der Waals surface area (Å²) in [6, 6.07) is 7.93. The van der Waals surface area contributed by atoms with Crippen molar-refractivity contribution in [1.82, 2.24) is 9.62 Å². The van der Waals surface area contributed by atoms with Gasteiger partial charge in [-0.2, -0.15) is 4.31 Å². The zero-order chi connectivity index (χ0) is 17.8. The third-order valence-electron chi connectivity index (χ3n) is 3.96. The second-order valence-electron chi connectivity index (χ2n) is 5.79. The van der Waals surface area contributed by atoms with Crippen LogP contribution in [0.1, 0.15) is 12.8 Å². The maximum atomic E-state index is 13.1. The minimum absolute atomic E-state index is 0.0166. The van der Waals surface area contributed by atoms with Crippen molar-refractivity contribution in [2.45, 2.75) is 23.7 Å². The number of benzene rings is 1. The maximum absolute atomic E-state index is 13.1. The summed E-state index contributed by atoms with van der Waals surface area (Å²) in [5.74, 6) is -4.39. The number of alkyl halides is 2. The molecule has 1 aliphatic rings. The van der Waals surface area contributed by atoms with Crippen LogP contribution in [0.15, 0.2) is 35.2 Å². The number of rotatable bonds is 6. The molecule has 6 nitrogen and oxygen atoms in total. The Labute approximate surface area is 140 Å². The van der Waals surface area contributed by atoms with Crippen molar-refractivity contribution in [1.29, 1.82) is 0 Å². The first-order chi connectivity index (χ1) is 11.3. The van der Waals surface area contributed by atoms with Gasteiger partial charge in [0.15, 0.2) is 0 Å². The largest absolute Gasteiger partial charge is 0.350 e. The van der Waals surface area contributed by atoms with E-state index < -0.39 is 40.9 Å². The van der Waals surface area contributed by atoms with Crippen molar-refractivity contribution in [3.63, 3.8) is 0 Å². The summed E-state index contributed by atoms with van der Waals surface area (Å²) < 4.78 is 52.6. The van der Waals surface area contributed by atoms with E-state index in [1.165, 1.54) is 16.4 Å². The SMILES string of the molecule is NCC(F)(F)CNC(=O)C1CCCN(S(=O)(=O)c2ccccc2)C1. The molecule has 2 rings (SSSR count). The first-order valence-corrected chi connectivity index (χ1v) is 9.11. The number of piperidine rings is 1. The Morgan fingerprint density at radius 1 is 1.33 bits per heavy atom. The summed E-state index contributed by atoms with van der Waals surface area (Å²) in [6.07, 6.45) is 0.957. The minimum atomic E-state index is -3.69. The molecule has 3 N–H and O–H groups in total. The van der Waals surface area contributed by atoms with Crippen LogP contribution in [-0.4, -0.2) is 50.7 Å². The van der Waals surface area contributed by atoms with Gasteiger partial charge < -0.3 is 11.1 Å². The van der Waals surface area contributed by atoms with Gasteiger partial charge in [0, 0.05) is 13.1 Å². The van der Waals surface area contributed by atoms with Gasteiger partial charge in [-0.15, -0.1) is 0 Å². The third-order valence-corrected chi connectivity index (χ3v) is 5.84. The highest BCUT2D eigenvalue weighted by molar-refractivity contribution is 7.89. The molecular weight excluding hydrogens is 340 g/mol. The average Bonchev–Trinajstić information content (AvgIpc) is 2.60. The number of amides is 1. The molecule has 1 unspecified atom stereocenters. The molecule has 9 heteroatoms. The highest BCUT2D eigenvalue weighted by Crippen LogP contribution is 2.24. The summed E-state index contributed by atoms with van der Waals surface area (Å²) in [5.41, 5.74) is 4.93. The number of halogens is 2. The lowest BCUT2D eigenvalue weighted by Crippen LogP contribution is -2.48. The highest BCUT2D eigenvalue weighted by Gasteiger charge is 2.34. The van der Waals surface area contributed by atoms with Crippen LogP contribution < -0.4 is 11.1 Å². The van der Waals surface area contributed by atoms with E-state index in [9.17, 15) is 22.0 Å². The van der Waals surface area contributed by atoms with Crippen LogP contribution >= 0.6 is 0 Å². The summed E-state index contributed by atoms with van der Waals surface area (Å²) in [5, 5.41) is 2.16. The Bertz CT molecular complexity index is 668. The predicted molar refractivity (Wildman–Crippen MR) is 84.9 cm³/mol. The Hall–Kier alpha value is -1.58. The predicted octanol–water partition coefficient (Wildman–Crippen LogP) is 0.797. The van der Waals surface area contributed by atoms with Gasteiger partial charge in [0.25, 0.3) is 5.92 Å². The van der Waals surface area contributed by atoms with E-state index in [0.29, 0.717) is 19.4 Å². The van der Waals surface area contributed by atoms with Crippen molar-refractivity contribution in [3.8, 4) is 0 Å². The van der Waals surface area contributed by atoms with E-state index in [0.717, 1.165) is 0 Å². The van der Waals surface area contributed by atoms with Gasteiger partial charge in [-0.25, -0.2) is 17.2 Å². The molecule has 0 aromatic heterocycles. The van der Waals surface area contributed by atoms with Crippen molar-refractivity contribution in [2.75, 3.05) is 26.2 Å². The van der Waals surface area contributed by atoms with Crippen LogP contribution in [0.2, 0.25) is 0 Å². The van der Waals surface area contributed by atoms with Gasteiger partial charge in [-0.05, 0) is 25.0 Å². The minimum Gasteiger partial charge on any atom is -0.350 e. The molecule has 1 fully saturated rings. The smallest absolute Gasteiger partial charge is 0.277 e. The number of hydrogen-bond acceptors (Lipinski definition) is 4. The lowest BCUT2D eigenvalue weighted by atomic mass is 9.99. The molecule has 0 radical (unpaired) electrons. The molecule has 1 amide bonds. The number of nitrogens with zero attached hydrogens (tertiary/aromatic N) is 1. The molecule has 1 saturated heterocycles. The van der Waals surface area contributed by atoms with Crippen molar-refractivity contribution < 1.29 is 22.0 Å². The van der Waals surface area contributed by atoms with Crippen LogP contribution in [0.25, 0.3) is 0 Å². The van der Waals surface area contributed by atoms with E-state index in [-0.39, 0.29) is 11.4 Å². The average molecular weight is 361 g/mol. The van der Waals surface area contributed by atoms with E-state index >= 15 is 0 Å². The second kappa shape index (κ2) is 7.54. The van der Waals surface area contributed by atoms with Crippen LogP contribution in [-0.2, 0) is 14.8 Å². The zero-order valence-corrected chi connectivity index (χ0v) is 13.9. The normalized spacial score (nSPS) is 19.9. The maximum Gasteiger partial charge on any atom is 0.277 e. The summed E-state index contributed by atoms with van der Waals surface area (Å²) in [7, 11) is -3.69. The Morgan fingerprint density at radius 3 is 2.62 bits per heavy atom. The molecule has 0 bridgehead atoms. The molecule has 1 atom stereocenters. The number of carbonyl (C=O) groups is 1. The lowest BCUT2D eigenvalue weighted by molar-refractivity contribution is -0.127. The van der Waals surface area contributed by atoms with Gasteiger partial charge in [0.2, 0.25) is 15.9 Å². The fourth-order valence-electron chi connectivity index (χ4n) is 2.55. The van der Waals surface area contributed by atoms with E-state index in [1.54, 1.807) is 18.2 Å². The molecule has 1 aromatic carbocycles. The standard InChI is InChI=1S/C15H21F2N3O3S/c16-15(17,10-18)11-19-14(21)12-5-4-8-20(9-12)24(22,23)13-6-2-1-3-7-13/h1-3,6-7,12H,4-5,8-11,18H2,(H,19,21). The summed E-state index contributed by atoms with van der Waals surface area (Å²) in [4.78, 5) is 12.2. The fraction of sp³-hybridized carbons (Fsp3) is 0.533. The summed E-state index contributed by atoms with van der Waals surface area (Å²) >= 11 is 0. The molecule has 1 aliphatic heterocycles. The quantitative estimate of drug-likeness (QED) is 0.784. The Balaban J connectivity index is 2.03. The zero-order valence-electron chi connectivity index (χ0n) is 13.1. The molecule has 0 spiro atoms. The number of sulfonamides is 1. The molecule has 1 aromatic rings. The lowest BCUT2D eigenvalue weighted by Gasteiger charge is -2.31. The number of nitrogens with two attached hydrogens (primary N) is 1. The van der Waals surface area contributed by atoms with E-state index in [4.69, 9.17) is 5.73 Å². The third kappa shape index (κ3) is 4.49. The van der Waals surface area contributed by atoms with Crippen molar-refractivity contribution in [3.05, 3.63) is 30.3 Å². The van der Waals surface area contributed by atoms with Crippen LogP contribution in [0.5, 0.6) is 0 Å². The highest BCUT2D eigenvalue weighted by atomic mass is 32.2. The second-order valence-corrected chi connectivity index (χ2v) is 7.73. The van der Waals surface area contributed by atoms with Gasteiger partial charge in [0.05, 0.1) is 23.9 Å². The van der Waals surface area contributed by atoms with Crippen molar-refractivity contribution in [2.24, 2.45) is 11.7 Å². The topological polar surface area (TPSA) is 92.5 Å². The van der Waals surface area contributed by atoms with E-state index in [2.05, 4.69) is 5.32 Å². The van der Waals surface area contributed by atoms with Crippen LogP contribution in [0, 0.1) is 5.92 Å². The molecule has 134 valence electrons. The van der Waals surface area contributed by atoms with Gasteiger partial charge >= 0.3 is 0 Å². The van der Waals surface area contributed by atoms with Crippen molar-refractivity contribution >= 4 is 15.9 Å². The first kappa shape index (κ1) is 18.8. The Kier molecular flexibility index (Phi) is 5.89. The number of carbonyl (C=O) groups excluding carboxylic acids is 1.